The van der Waals surface area contributed by atoms with Crippen LogP contribution in [0, 0.1) is 12.8 Å². The lowest BCUT2D eigenvalue weighted by Crippen LogP contribution is -2.41. The van der Waals surface area contributed by atoms with Crippen LogP contribution in [0.4, 0.5) is 0 Å². The van der Waals surface area contributed by atoms with Gasteiger partial charge < -0.3 is 14.7 Å². The lowest BCUT2D eigenvalue weighted by molar-refractivity contribution is -0.133. The van der Waals surface area contributed by atoms with Gasteiger partial charge in [-0.2, -0.15) is 0 Å². The molecule has 0 spiro atoms. The minimum atomic E-state index is -0.170. The minimum Gasteiger partial charge on any atom is -0.484 e. The van der Waals surface area contributed by atoms with E-state index in [2.05, 4.69) is 0 Å². The number of aliphatic hydroxyl groups excluding tert-OH is 1. The first-order valence-electron chi connectivity index (χ1n) is 6.66. The summed E-state index contributed by atoms with van der Waals surface area (Å²) in [4.78, 5) is 13.6. The molecule has 1 aliphatic carbocycles. The smallest absolute Gasteiger partial charge is 0.260 e. The van der Waals surface area contributed by atoms with Crippen LogP contribution in [0.2, 0.25) is 0 Å². The fourth-order valence-electron chi connectivity index (χ4n) is 2.31. The molecule has 0 unspecified atom stereocenters. The Balaban J connectivity index is 1.76. The molecule has 19 heavy (non-hydrogen) atoms. The Morgan fingerprint density at radius 3 is 2.74 bits per heavy atom. The summed E-state index contributed by atoms with van der Waals surface area (Å²) in [6.45, 7) is 2.73. The van der Waals surface area contributed by atoms with Gasteiger partial charge in [0, 0.05) is 13.6 Å². The molecule has 0 aromatic heterocycles. The van der Waals surface area contributed by atoms with Crippen molar-refractivity contribution in [1.29, 1.82) is 0 Å². The molecule has 104 valence electrons. The molecule has 4 nitrogen and oxygen atoms in total. The fourth-order valence-corrected chi connectivity index (χ4v) is 2.31. The molecule has 1 amide bonds. The summed E-state index contributed by atoms with van der Waals surface area (Å²) >= 11 is 0. The second kappa shape index (κ2) is 6.06. The number of benzene rings is 1. The zero-order valence-corrected chi connectivity index (χ0v) is 11.5. The Hall–Kier alpha value is -1.55. The monoisotopic (exact) mass is 263 g/mol. The van der Waals surface area contributed by atoms with Crippen LogP contribution in [0.5, 0.6) is 5.75 Å². The molecular formula is C15H21NO3. The van der Waals surface area contributed by atoms with E-state index in [0.717, 1.165) is 24.2 Å². The van der Waals surface area contributed by atoms with E-state index in [9.17, 15) is 9.90 Å². The maximum Gasteiger partial charge on any atom is 0.260 e. The van der Waals surface area contributed by atoms with E-state index in [1.165, 1.54) is 0 Å². The number of rotatable bonds is 5. The van der Waals surface area contributed by atoms with Crippen LogP contribution in [0.3, 0.4) is 0 Å². The van der Waals surface area contributed by atoms with E-state index in [1.54, 1.807) is 11.9 Å². The van der Waals surface area contributed by atoms with Crippen LogP contribution in [0.1, 0.15) is 18.4 Å². The van der Waals surface area contributed by atoms with Crippen molar-refractivity contribution < 1.29 is 14.6 Å². The number of likely N-dealkylation sites (N-methyl/N-ethyl adjacent to an activating group) is 1. The summed E-state index contributed by atoms with van der Waals surface area (Å²) in [6, 6.07) is 7.66. The number of aliphatic hydroxyl groups is 1. The molecule has 1 N–H and O–H groups in total. The van der Waals surface area contributed by atoms with Gasteiger partial charge in [0.2, 0.25) is 0 Å². The summed E-state index contributed by atoms with van der Waals surface area (Å²) in [7, 11) is 1.79. The van der Waals surface area contributed by atoms with Crippen molar-refractivity contribution in [3.63, 3.8) is 0 Å². The zero-order chi connectivity index (χ0) is 13.8. The quantitative estimate of drug-likeness (QED) is 0.878. The third-order valence-electron chi connectivity index (χ3n) is 3.61. The number of ether oxygens (including phenoxy) is 1. The number of hydrogen-bond acceptors (Lipinski definition) is 3. The molecule has 0 radical (unpaired) electrons. The van der Waals surface area contributed by atoms with E-state index >= 15 is 0 Å². The SMILES string of the molecule is Cc1ccccc1OCC(=O)N(C)CC1CC(O)C1. The molecule has 0 saturated heterocycles. The maximum atomic E-state index is 11.9. The zero-order valence-electron chi connectivity index (χ0n) is 11.5. The number of amides is 1. The Morgan fingerprint density at radius 1 is 1.42 bits per heavy atom. The molecule has 0 aliphatic heterocycles. The summed E-state index contributed by atoms with van der Waals surface area (Å²) in [5, 5.41) is 9.22. The van der Waals surface area contributed by atoms with E-state index < -0.39 is 0 Å². The van der Waals surface area contributed by atoms with Gasteiger partial charge in [-0.3, -0.25) is 4.79 Å². The topological polar surface area (TPSA) is 49.8 Å². The second-order valence-corrected chi connectivity index (χ2v) is 5.32. The van der Waals surface area contributed by atoms with Gasteiger partial charge in [0.25, 0.3) is 5.91 Å². The average molecular weight is 263 g/mol. The van der Waals surface area contributed by atoms with Crippen molar-refractivity contribution in [1.82, 2.24) is 4.90 Å². The number of carbonyl (C=O) groups is 1. The standard InChI is InChI=1S/C15H21NO3/c1-11-5-3-4-6-14(11)19-10-15(18)16(2)9-12-7-13(17)8-12/h3-6,12-13,17H,7-10H2,1-2H3. The number of carbonyl (C=O) groups excluding carboxylic acids is 1. The van der Waals surface area contributed by atoms with Gasteiger partial charge in [-0.15, -0.1) is 0 Å². The predicted molar refractivity (Wildman–Crippen MR) is 73.0 cm³/mol. The summed E-state index contributed by atoms with van der Waals surface area (Å²) in [5.74, 6) is 1.16. The van der Waals surface area contributed by atoms with Crippen LogP contribution in [-0.4, -0.2) is 42.2 Å². The normalized spacial score (nSPS) is 21.6. The van der Waals surface area contributed by atoms with Crippen molar-refractivity contribution in [3.8, 4) is 5.75 Å². The molecule has 4 heteroatoms. The molecule has 0 bridgehead atoms. The highest BCUT2D eigenvalue weighted by Crippen LogP contribution is 2.27. The van der Waals surface area contributed by atoms with E-state index in [-0.39, 0.29) is 18.6 Å². The highest BCUT2D eigenvalue weighted by atomic mass is 16.5. The molecule has 1 aromatic rings. The lowest BCUT2D eigenvalue weighted by atomic mass is 9.82. The van der Waals surface area contributed by atoms with E-state index in [1.807, 2.05) is 31.2 Å². The molecule has 0 atom stereocenters. The average Bonchev–Trinajstić information content (AvgIpc) is 2.35. The molecule has 0 heterocycles. The molecular weight excluding hydrogens is 242 g/mol. The van der Waals surface area contributed by atoms with Crippen molar-refractivity contribution >= 4 is 5.91 Å². The summed E-state index contributed by atoms with van der Waals surface area (Å²) in [6.07, 6.45) is 1.43. The highest BCUT2D eigenvalue weighted by Gasteiger charge is 2.29. The van der Waals surface area contributed by atoms with E-state index in [0.29, 0.717) is 12.5 Å². The van der Waals surface area contributed by atoms with Crippen molar-refractivity contribution in [2.45, 2.75) is 25.9 Å². The first-order valence-corrected chi connectivity index (χ1v) is 6.66. The number of nitrogens with zero attached hydrogens (tertiary/aromatic N) is 1. The van der Waals surface area contributed by atoms with Gasteiger partial charge >= 0.3 is 0 Å². The molecule has 1 aromatic carbocycles. The third-order valence-corrected chi connectivity index (χ3v) is 3.61. The fraction of sp³-hybridized carbons (Fsp3) is 0.533. The Kier molecular flexibility index (Phi) is 4.43. The molecule has 1 fully saturated rings. The highest BCUT2D eigenvalue weighted by molar-refractivity contribution is 5.77. The Labute approximate surface area is 114 Å². The maximum absolute atomic E-state index is 11.9. The number of para-hydroxylation sites is 1. The third kappa shape index (κ3) is 3.70. The summed E-state index contributed by atoms with van der Waals surface area (Å²) in [5.41, 5.74) is 1.03. The predicted octanol–water partition coefficient (Wildman–Crippen LogP) is 1.60. The molecule has 2 rings (SSSR count). The largest absolute Gasteiger partial charge is 0.484 e. The minimum absolute atomic E-state index is 0.0235. The van der Waals surface area contributed by atoms with Gasteiger partial charge in [0.15, 0.2) is 6.61 Å². The van der Waals surface area contributed by atoms with Gasteiger partial charge in [-0.25, -0.2) is 0 Å². The Morgan fingerprint density at radius 2 is 2.11 bits per heavy atom. The van der Waals surface area contributed by atoms with Crippen LogP contribution >= 0.6 is 0 Å². The van der Waals surface area contributed by atoms with Crippen LogP contribution < -0.4 is 4.74 Å². The lowest BCUT2D eigenvalue weighted by Gasteiger charge is -2.34. The van der Waals surface area contributed by atoms with Crippen molar-refractivity contribution in [2.24, 2.45) is 5.92 Å². The molecule has 1 aliphatic rings. The van der Waals surface area contributed by atoms with Gasteiger partial charge in [-0.05, 0) is 37.3 Å². The first-order chi connectivity index (χ1) is 9.06. The number of aryl methyl sites for hydroxylation is 1. The summed E-state index contributed by atoms with van der Waals surface area (Å²) < 4.78 is 5.53. The van der Waals surface area contributed by atoms with Crippen LogP contribution in [0.15, 0.2) is 24.3 Å². The molecule has 1 saturated carbocycles. The second-order valence-electron chi connectivity index (χ2n) is 5.32. The first kappa shape index (κ1) is 13.9. The van der Waals surface area contributed by atoms with Crippen LogP contribution in [-0.2, 0) is 4.79 Å². The van der Waals surface area contributed by atoms with Gasteiger partial charge in [0.05, 0.1) is 6.10 Å². The van der Waals surface area contributed by atoms with Gasteiger partial charge in [-0.1, -0.05) is 18.2 Å². The number of hydrogen-bond donors (Lipinski definition) is 1. The van der Waals surface area contributed by atoms with Crippen molar-refractivity contribution in [2.75, 3.05) is 20.2 Å². The van der Waals surface area contributed by atoms with Gasteiger partial charge in [0.1, 0.15) is 5.75 Å². The van der Waals surface area contributed by atoms with Crippen LogP contribution in [0.25, 0.3) is 0 Å². The van der Waals surface area contributed by atoms with E-state index in [4.69, 9.17) is 4.74 Å². The Bertz CT molecular complexity index is 441. The van der Waals surface area contributed by atoms with Crippen molar-refractivity contribution in [3.05, 3.63) is 29.8 Å².